The molecule has 0 radical (unpaired) electrons. The van der Waals surface area contributed by atoms with Gasteiger partial charge in [-0.15, -0.1) is 0 Å². The topological polar surface area (TPSA) is 237 Å². The summed E-state index contributed by atoms with van der Waals surface area (Å²) in [5.41, 5.74) is 0. The zero-order valence-electron chi connectivity index (χ0n) is 64.5. The predicted molar refractivity (Wildman–Crippen MR) is 405 cm³/mol. The Morgan fingerprint density at radius 2 is 0.404 bits per heavy atom. The van der Waals surface area contributed by atoms with E-state index in [1.54, 1.807) is 0 Å². The summed E-state index contributed by atoms with van der Waals surface area (Å²) in [4.78, 5) is 73.0. The molecule has 0 aliphatic carbocycles. The number of aliphatic hydroxyl groups is 1. The van der Waals surface area contributed by atoms with Gasteiger partial charge >= 0.3 is 39.5 Å². The molecule has 0 rings (SSSR count). The summed E-state index contributed by atoms with van der Waals surface area (Å²) in [6.07, 6.45) is 66.5. The number of esters is 4. The lowest BCUT2D eigenvalue weighted by molar-refractivity contribution is -0.161. The summed E-state index contributed by atoms with van der Waals surface area (Å²) in [7, 11) is -9.91. The molecule has 0 aliphatic rings. The highest BCUT2D eigenvalue weighted by molar-refractivity contribution is 7.47. The lowest BCUT2D eigenvalue weighted by Crippen LogP contribution is -2.30. The quantitative estimate of drug-likeness (QED) is 0.0222. The van der Waals surface area contributed by atoms with Crippen molar-refractivity contribution in [1.29, 1.82) is 0 Å². The predicted octanol–water partition coefficient (Wildman–Crippen LogP) is 24.2. The van der Waals surface area contributed by atoms with Crippen LogP contribution in [0.4, 0.5) is 0 Å². The highest BCUT2D eigenvalue weighted by Crippen LogP contribution is 2.45. The van der Waals surface area contributed by atoms with Gasteiger partial charge in [0.1, 0.15) is 19.3 Å². The molecule has 0 amide bonds. The van der Waals surface area contributed by atoms with E-state index in [-0.39, 0.29) is 25.7 Å². The van der Waals surface area contributed by atoms with Gasteiger partial charge in [0, 0.05) is 25.7 Å². The average molecular weight is 1450 g/mol. The molecule has 2 unspecified atom stereocenters. The molecule has 0 fully saturated rings. The Bertz CT molecular complexity index is 1880. The average Bonchev–Trinajstić information content (AvgIpc) is 0.964. The first-order valence-corrected chi connectivity index (χ1v) is 44.8. The number of phosphoric acid groups is 2. The van der Waals surface area contributed by atoms with Crippen molar-refractivity contribution in [3.8, 4) is 0 Å². The highest BCUT2D eigenvalue weighted by atomic mass is 31.2. The number of unbranched alkanes of at least 4 members (excludes halogenated alkanes) is 55. The van der Waals surface area contributed by atoms with E-state index in [4.69, 9.17) is 37.0 Å². The van der Waals surface area contributed by atoms with Crippen LogP contribution in [0.3, 0.4) is 0 Å². The van der Waals surface area contributed by atoms with Crippen LogP contribution in [0.2, 0.25) is 0 Å². The van der Waals surface area contributed by atoms with E-state index in [1.807, 2.05) is 0 Å². The van der Waals surface area contributed by atoms with Gasteiger partial charge in [-0.2, -0.15) is 0 Å². The number of hydrogen-bond donors (Lipinski definition) is 3. The first-order chi connectivity index (χ1) is 48.2. The molecule has 0 bridgehead atoms. The smallest absolute Gasteiger partial charge is 0.462 e. The first kappa shape index (κ1) is 97.1. The van der Waals surface area contributed by atoms with Gasteiger partial charge in [-0.25, -0.2) is 9.13 Å². The number of carbonyl (C=O) groups excluding carboxylic acids is 4. The molecule has 0 saturated carbocycles. The molecule has 0 heterocycles. The molecular formula is C80H156O17P2. The molecule has 17 nitrogen and oxygen atoms in total. The van der Waals surface area contributed by atoms with Crippen molar-refractivity contribution in [2.45, 2.75) is 451 Å². The molecular weight excluding hydrogens is 1290 g/mol. The Morgan fingerprint density at radius 1 is 0.242 bits per heavy atom. The molecule has 3 N–H and O–H groups in total. The number of phosphoric ester groups is 2. The minimum Gasteiger partial charge on any atom is -0.462 e. The third-order valence-electron chi connectivity index (χ3n) is 18.9. The van der Waals surface area contributed by atoms with Crippen LogP contribution in [0.5, 0.6) is 0 Å². The van der Waals surface area contributed by atoms with Gasteiger partial charge in [0.15, 0.2) is 12.2 Å². The van der Waals surface area contributed by atoms with E-state index < -0.39 is 97.5 Å². The zero-order valence-corrected chi connectivity index (χ0v) is 66.3. The zero-order chi connectivity index (χ0) is 72.5. The Labute approximate surface area is 607 Å². The van der Waals surface area contributed by atoms with E-state index in [2.05, 4.69) is 27.7 Å². The van der Waals surface area contributed by atoms with Crippen LogP contribution in [0, 0.1) is 0 Å². The van der Waals surface area contributed by atoms with Crippen LogP contribution in [0.25, 0.3) is 0 Å². The third kappa shape index (κ3) is 74.1. The van der Waals surface area contributed by atoms with Crippen molar-refractivity contribution in [1.82, 2.24) is 0 Å². The van der Waals surface area contributed by atoms with Crippen LogP contribution < -0.4 is 0 Å². The molecule has 588 valence electrons. The Balaban J connectivity index is 5.23. The fourth-order valence-corrected chi connectivity index (χ4v) is 14.0. The standard InChI is InChI=1S/C80H156O17P2/c1-5-9-13-17-21-25-29-32-34-35-36-37-38-40-43-47-51-55-59-63-67-80(85)97-76(71-91-78(83)65-61-57-53-49-45-42-39-33-30-26-22-18-14-10-6-2)73-95-99(88,89)93-69-74(81)68-92-98(86,87)94-72-75(70-90-77(82)64-60-56-52-48-44-28-24-20-16-12-8-4)96-79(84)66-62-58-54-50-46-41-31-27-23-19-15-11-7-3/h74-76,81H,5-73H2,1-4H3,(H,86,87)(H,88,89)/t74-,75+,76+/m0/s1. The van der Waals surface area contributed by atoms with E-state index in [0.717, 1.165) is 89.9 Å². The second-order valence-corrected chi connectivity index (χ2v) is 31.7. The lowest BCUT2D eigenvalue weighted by Gasteiger charge is -2.21. The molecule has 0 aromatic heterocycles. The molecule has 0 aromatic rings. The number of carbonyl (C=O) groups is 4. The van der Waals surface area contributed by atoms with Crippen LogP contribution in [-0.2, 0) is 65.4 Å². The largest absolute Gasteiger partial charge is 0.472 e. The van der Waals surface area contributed by atoms with Crippen LogP contribution >= 0.6 is 15.6 Å². The van der Waals surface area contributed by atoms with Crippen molar-refractivity contribution >= 4 is 39.5 Å². The number of ether oxygens (including phenoxy) is 4. The molecule has 0 spiro atoms. The van der Waals surface area contributed by atoms with Crippen molar-refractivity contribution in [2.24, 2.45) is 0 Å². The fraction of sp³-hybridized carbons (Fsp3) is 0.950. The van der Waals surface area contributed by atoms with E-state index in [1.165, 1.54) is 263 Å². The monoisotopic (exact) mass is 1450 g/mol. The number of hydrogen-bond acceptors (Lipinski definition) is 15. The van der Waals surface area contributed by atoms with Gasteiger partial charge < -0.3 is 33.8 Å². The summed E-state index contributed by atoms with van der Waals surface area (Å²) >= 11 is 0. The Kier molecular flexibility index (Phi) is 72.9. The summed E-state index contributed by atoms with van der Waals surface area (Å²) in [6, 6.07) is 0. The minimum atomic E-state index is -4.96. The van der Waals surface area contributed by atoms with Crippen molar-refractivity contribution in [3.05, 3.63) is 0 Å². The molecule has 5 atom stereocenters. The van der Waals surface area contributed by atoms with Crippen molar-refractivity contribution in [2.75, 3.05) is 39.6 Å². The van der Waals surface area contributed by atoms with Crippen molar-refractivity contribution < 1.29 is 80.2 Å². The second-order valence-electron chi connectivity index (χ2n) is 28.8. The van der Waals surface area contributed by atoms with Crippen molar-refractivity contribution in [3.63, 3.8) is 0 Å². The molecule has 0 saturated heterocycles. The summed E-state index contributed by atoms with van der Waals surface area (Å²) < 4.78 is 68.7. The summed E-state index contributed by atoms with van der Waals surface area (Å²) in [6.45, 7) is 5.02. The van der Waals surface area contributed by atoms with Crippen LogP contribution in [-0.4, -0.2) is 96.7 Å². The maximum Gasteiger partial charge on any atom is 0.472 e. The molecule has 19 heteroatoms. The van der Waals surface area contributed by atoms with E-state index >= 15 is 0 Å². The Hall–Kier alpha value is -1.94. The lowest BCUT2D eigenvalue weighted by atomic mass is 10.0. The van der Waals surface area contributed by atoms with Gasteiger partial charge in [0.25, 0.3) is 0 Å². The molecule has 0 aromatic carbocycles. The minimum absolute atomic E-state index is 0.109. The number of rotatable bonds is 81. The molecule has 0 aliphatic heterocycles. The molecule has 99 heavy (non-hydrogen) atoms. The van der Waals surface area contributed by atoms with E-state index in [0.29, 0.717) is 25.7 Å². The first-order valence-electron chi connectivity index (χ1n) is 41.8. The van der Waals surface area contributed by atoms with Crippen LogP contribution in [0.1, 0.15) is 432 Å². The highest BCUT2D eigenvalue weighted by Gasteiger charge is 2.30. The SMILES string of the molecule is CCCCCCCCCCCCCCCCCCCCCCC(=O)O[C@H](COC(=O)CCCCCCCCCCCCCCCCC)COP(=O)(O)OC[C@@H](O)COP(=O)(O)OC[C@@H](COC(=O)CCCCCCCCCCCCC)OC(=O)CCCCCCCCCCCCCCC. The van der Waals surface area contributed by atoms with Gasteiger partial charge in [-0.05, 0) is 25.7 Å². The fourth-order valence-electron chi connectivity index (χ4n) is 12.5. The second kappa shape index (κ2) is 74.3. The summed E-state index contributed by atoms with van der Waals surface area (Å²) in [5, 5.41) is 10.6. The van der Waals surface area contributed by atoms with Gasteiger partial charge in [-0.1, -0.05) is 381 Å². The normalized spacial score (nSPS) is 13.8. The summed E-state index contributed by atoms with van der Waals surface area (Å²) in [5.74, 6) is -2.10. The van der Waals surface area contributed by atoms with Gasteiger partial charge in [0.2, 0.25) is 0 Å². The third-order valence-corrected chi connectivity index (χ3v) is 20.8. The Morgan fingerprint density at radius 3 is 0.596 bits per heavy atom. The maximum atomic E-state index is 13.1. The maximum absolute atomic E-state index is 13.1. The number of aliphatic hydroxyl groups excluding tert-OH is 1. The van der Waals surface area contributed by atoms with Gasteiger partial charge in [0.05, 0.1) is 26.4 Å². The van der Waals surface area contributed by atoms with E-state index in [9.17, 15) is 43.2 Å². The van der Waals surface area contributed by atoms with Crippen LogP contribution in [0.15, 0.2) is 0 Å². The van der Waals surface area contributed by atoms with Gasteiger partial charge in [-0.3, -0.25) is 37.3 Å².